The molecule has 28 atom stereocenters. The summed E-state index contributed by atoms with van der Waals surface area (Å²) in [5, 5.41) is 196. The number of rotatable bonds is 8. The molecule has 7 saturated heterocycles. The Morgan fingerprint density at radius 2 is 0.533 bits per heavy atom. The van der Waals surface area contributed by atoms with Crippen LogP contribution in [0.3, 0.4) is 0 Å². The molecule has 0 bridgehead atoms. The van der Waals surface area contributed by atoms with Crippen molar-refractivity contribution in [1.82, 2.24) is 0 Å². The zero-order valence-electron chi connectivity index (χ0n) is 58.6. The van der Waals surface area contributed by atoms with Crippen LogP contribution in [0.2, 0.25) is 0 Å². The van der Waals surface area contributed by atoms with Crippen LogP contribution in [0, 0.1) is 37.9 Å². The number of aliphatic hydroxyl groups is 21. The molecule has 7 rings (SSSR count). The average Bonchev–Trinajstić information content (AvgIpc) is 1.72. The molecule has 7 fully saturated rings. The normalized spacial score (nSPS) is 39.8. The summed E-state index contributed by atoms with van der Waals surface area (Å²) < 4.78 is 37.6. The molecule has 0 saturated carbocycles. The Balaban J connectivity index is 0.000000538. The average molecular weight is 1350 g/mol. The Morgan fingerprint density at radius 1 is 0.283 bits per heavy atom. The highest BCUT2D eigenvalue weighted by molar-refractivity contribution is 5.01. The van der Waals surface area contributed by atoms with Crippen molar-refractivity contribution in [3.05, 3.63) is 0 Å². The molecule has 0 amide bonds. The van der Waals surface area contributed by atoms with Crippen molar-refractivity contribution in [2.75, 3.05) is 46.2 Å². The van der Waals surface area contributed by atoms with Gasteiger partial charge in [0.2, 0.25) is 0 Å². The molecular formula is C64H128O28. The second-order valence-electron chi connectivity index (χ2n) is 32.8. The summed E-state index contributed by atoms with van der Waals surface area (Å²) in [5.74, 6) is 0. The van der Waals surface area contributed by atoms with Gasteiger partial charge in [0.25, 0.3) is 0 Å². The van der Waals surface area contributed by atoms with Crippen LogP contribution < -0.4 is 0 Å². The van der Waals surface area contributed by atoms with E-state index in [2.05, 4.69) is 20.8 Å². The smallest absolute Gasteiger partial charge is 0.115 e. The SMILES string of the molecule is CC(C)(C)[C@@H]1OCC(O)[C@@H]1O.CC(C)(C)[C@@H]1O[C@H](CO)C(O)[C@@H]1O.CC(C)(C)[C@@H]1O[C@H](CO)C(O)[C@@H]1O.CC(C)(C)[C@@H]1O[C@H](CO)C(O)[C@H]1O.CC(C)(C)[C@@H]1O[C@H]([C@H](O)CO)C(O)[C@@H]1O.CC(C)(C)[C@@H]1O[C@H]([C@H](O)CO)C(O)[C@@H]1O.CC(C)(C)[C@H]1CC(O)[C@@H](CO)O1. The van der Waals surface area contributed by atoms with Crippen LogP contribution in [0.15, 0.2) is 0 Å². The molecule has 7 aliphatic rings. The molecule has 7 heterocycles. The number of hydrogen-bond donors (Lipinski definition) is 21. The first-order valence-corrected chi connectivity index (χ1v) is 32.0. The number of ether oxygens (including phenoxy) is 7. The van der Waals surface area contributed by atoms with Gasteiger partial charge in [-0.25, -0.2) is 0 Å². The minimum Gasteiger partial charge on any atom is -0.394 e. The minimum atomic E-state index is -1.16. The predicted molar refractivity (Wildman–Crippen MR) is 335 cm³/mol. The van der Waals surface area contributed by atoms with E-state index in [0.717, 1.165) is 0 Å². The van der Waals surface area contributed by atoms with Crippen molar-refractivity contribution in [3.63, 3.8) is 0 Å². The van der Waals surface area contributed by atoms with Crippen LogP contribution in [-0.4, -0.2) is 324 Å². The minimum absolute atomic E-state index is 0.0465. The molecule has 7 aliphatic heterocycles. The van der Waals surface area contributed by atoms with Gasteiger partial charge in [0.1, 0.15) is 122 Å². The van der Waals surface area contributed by atoms with E-state index < -0.39 is 166 Å². The Hall–Kier alpha value is -1.12. The van der Waals surface area contributed by atoms with Gasteiger partial charge in [-0.05, 0) is 37.9 Å². The maximum Gasteiger partial charge on any atom is 0.115 e. The molecule has 0 radical (unpaired) electrons. The first-order valence-electron chi connectivity index (χ1n) is 32.0. The molecular weight excluding hydrogens is 1220 g/mol. The second kappa shape index (κ2) is 36.3. The van der Waals surface area contributed by atoms with E-state index in [1.54, 1.807) is 0 Å². The monoisotopic (exact) mass is 1340 g/mol. The van der Waals surface area contributed by atoms with Crippen LogP contribution in [-0.2, 0) is 33.2 Å². The molecule has 0 aliphatic carbocycles. The summed E-state index contributed by atoms with van der Waals surface area (Å²) >= 11 is 0. The van der Waals surface area contributed by atoms with E-state index in [1.165, 1.54) is 0 Å². The van der Waals surface area contributed by atoms with E-state index in [1.807, 2.05) is 125 Å². The summed E-state index contributed by atoms with van der Waals surface area (Å²) in [4.78, 5) is 0. The third kappa shape index (κ3) is 24.9. The maximum atomic E-state index is 9.74. The number of hydrogen-bond acceptors (Lipinski definition) is 28. The van der Waals surface area contributed by atoms with Gasteiger partial charge in [0.05, 0.1) is 95.1 Å². The Bertz CT molecular complexity index is 1890. The van der Waals surface area contributed by atoms with Gasteiger partial charge in [-0.15, -0.1) is 0 Å². The summed E-state index contributed by atoms with van der Waals surface area (Å²) in [6, 6.07) is 0. The van der Waals surface area contributed by atoms with Crippen LogP contribution in [0.4, 0.5) is 0 Å². The van der Waals surface area contributed by atoms with Crippen LogP contribution in [0.25, 0.3) is 0 Å². The lowest BCUT2D eigenvalue weighted by atomic mass is 9.85. The van der Waals surface area contributed by atoms with Gasteiger partial charge in [-0.3, -0.25) is 0 Å². The fourth-order valence-corrected chi connectivity index (χ4v) is 11.3. The molecule has 7 unspecified atom stereocenters. The molecule has 0 spiro atoms. The lowest BCUT2D eigenvalue weighted by Gasteiger charge is -2.29. The van der Waals surface area contributed by atoms with Crippen molar-refractivity contribution in [2.45, 2.75) is 323 Å². The van der Waals surface area contributed by atoms with Crippen molar-refractivity contribution < 1.29 is 140 Å². The van der Waals surface area contributed by atoms with Gasteiger partial charge in [0.15, 0.2) is 0 Å². The van der Waals surface area contributed by atoms with Gasteiger partial charge >= 0.3 is 0 Å². The van der Waals surface area contributed by atoms with Gasteiger partial charge in [-0.2, -0.15) is 0 Å². The molecule has 0 aromatic carbocycles. The molecule has 28 nitrogen and oxygen atoms in total. The molecule has 0 aromatic heterocycles. The van der Waals surface area contributed by atoms with Crippen LogP contribution >= 0.6 is 0 Å². The molecule has 552 valence electrons. The van der Waals surface area contributed by atoms with Gasteiger partial charge in [-0.1, -0.05) is 145 Å². The zero-order valence-corrected chi connectivity index (χ0v) is 58.6. The fourth-order valence-electron chi connectivity index (χ4n) is 11.3. The second-order valence-corrected chi connectivity index (χ2v) is 32.8. The Kier molecular flexibility index (Phi) is 35.1. The van der Waals surface area contributed by atoms with Crippen LogP contribution in [0.1, 0.15) is 152 Å². The van der Waals surface area contributed by atoms with Gasteiger partial charge < -0.3 is 140 Å². The quantitative estimate of drug-likeness (QED) is 0.115. The lowest BCUT2D eigenvalue weighted by Crippen LogP contribution is -2.41. The highest BCUT2D eigenvalue weighted by atomic mass is 16.6. The Labute approximate surface area is 545 Å². The fraction of sp³-hybridized carbons (Fsp3) is 1.00. The van der Waals surface area contributed by atoms with Crippen molar-refractivity contribution >= 4 is 0 Å². The van der Waals surface area contributed by atoms with Crippen molar-refractivity contribution in [2.24, 2.45) is 37.9 Å². The summed E-state index contributed by atoms with van der Waals surface area (Å²) in [6.07, 6.45) is -20.4. The zero-order chi connectivity index (χ0) is 72.3. The maximum absolute atomic E-state index is 9.74. The lowest BCUT2D eigenvalue weighted by molar-refractivity contribution is -0.102. The van der Waals surface area contributed by atoms with Crippen molar-refractivity contribution in [3.8, 4) is 0 Å². The van der Waals surface area contributed by atoms with Gasteiger partial charge in [0, 0.05) is 6.42 Å². The highest BCUT2D eigenvalue weighted by Gasteiger charge is 2.53. The topological polar surface area (TPSA) is 489 Å². The summed E-state index contributed by atoms with van der Waals surface area (Å²) in [6.45, 7) is 39.1. The standard InChI is InChI=1S/2C10H20O5.3C9H18O4.C9H18O3.C8H16O3/c2*1-10(2,3)9-7(14)6(13)8(15-9)5(12)4-11;3*1-9(2,3)8-7(12)6(11)5(4-10)13-8;1-9(2,3)8-4-6(11)7(5-10)12-8;1-8(2,3)7-6(10)5(9)4-11-7/h2*5-9,11-14H,4H2,1-3H3;3*5-8,10-12H,4H2,1-3H3;6-8,10-11H,4-5H2,1-3H3;5-7,9-10H,4H2,1-3H3/t2*5-,6?,7+,8-,9-;2*5-,6?,7+,8-;5-,6?,7-,8-;6?,7-,8-;5?,6-,7+/m1111110/s1. The predicted octanol–water partition coefficient (Wildman–Crippen LogP) is -3.01. The van der Waals surface area contributed by atoms with Crippen molar-refractivity contribution in [1.29, 1.82) is 0 Å². The first-order chi connectivity index (χ1) is 41.6. The van der Waals surface area contributed by atoms with Crippen LogP contribution in [0.5, 0.6) is 0 Å². The third-order valence-corrected chi connectivity index (χ3v) is 17.0. The highest BCUT2D eigenvalue weighted by Crippen LogP contribution is 2.40. The van der Waals surface area contributed by atoms with E-state index in [4.69, 9.17) is 68.9 Å². The summed E-state index contributed by atoms with van der Waals surface area (Å²) in [5.41, 5.74) is -1.41. The van der Waals surface area contributed by atoms with E-state index in [-0.39, 0.29) is 89.3 Å². The first kappa shape index (κ1) is 88.9. The molecule has 0 aromatic rings. The van der Waals surface area contributed by atoms with E-state index >= 15 is 0 Å². The molecule has 92 heavy (non-hydrogen) atoms. The molecule has 28 heteroatoms. The summed E-state index contributed by atoms with van der Waals surface area (Å²) in [7, 11) is 0. The van der Waals surface area contributed by atoms with E-state index in [0.29, 0.717) is 6.42 Å². The Morgan fingerprint density at radius 3 is 0.674 bits per heavy atom. The number of aliphatic hydroxyl groups excluding tert-OH is 21. The largest absolute Gasteiger partial charge is 0.394 e. The molecule has 21 N–H and O–H groups in total. The van der Waals surface area contributed by atoms with E-state index in [9.17, 15) is 71.5 Å². The third-order valence-electron chi connectivity index (χ3n) is 17.0.